The molecule has 0 aliphatic carbocycles. The average Bonchev–Trinajstić information content (AvgIpc) is 2.48. The second kappa shape index (κ2) is 4.23. The van der Waals surface area contributed by atoms with Crippen LogP contribution in [0.2, 0.25) is 0 Å². The number of carbonyl (C=O) groups is 1. The van der Waals surface area contributed by atoms with Crippen molar-refractivity contribution >= 4 is 5.97 Å². The van der Waals surface area contributed by atoms with Gasteiger partial charge in [0.2, 0.25) is 0 Å². The van der Waals surface area contributed by atoms with E-state index in [-0.39, 0.29) is 6.04 Å². The Morgan fingerprint density at radius 1 is 1.79 bits per heavy atom. The minimum atomic E-state index is -0.416. The van der Waals surface area contributed by atoms with E-state index >= 15 is 0 Å². The summed E-state index contributed by atoms with van der Waals surface area (Å²) in [5.74, 6) is -0.416. The van der Waals surface area contributed by atoms with Crippen molar-refractivity contribution in [2.75, 3.05) is 6.61 Å². The molecule has 0 unspecified atom stereocenters. The number of aryl methyl sites for hydroxylation is 1. The van der Waals surface area contributed by atoms with E-state index in [0.29, 0.717) is 17.9 Å². The first-order valence-electron chi connectivity index (χ1n) is 4.52. The maximum atomic E-state index is 11.4. The molecule has 0 saturated carbocycles. The molecule has 0 bridgehead atoms. The van der Waals surface area contributed by atoms with Gasteiger partial charge in [-0.25, -0.2) is 4.79 Å². The van der Waals surface area contributed by atoms with E-state index in [4.69, 9.17) is 10.5 Å². The molecule has 0 spiro atoms. The third-order valence-electron chi connectivity index (χ3n) is 1.82. The van der Waals surface area contributed by atoms with Gasteiger partial charge in [-0.3, -0.25) is 4.68 Å². The summed E-state index contributed by atoms with van der Waals surface area (Å²) in [5.41, 5.74) is 6.72. The molecule has 5 nitrogen and oxygen atoms in total. The van der Waals surface area contributed by atoms with Crippen LogP contribution in [-0.4, -0.2) is 22.4 Å². The Hall–Kier alpha value is -1.36. The maximum Gasteiger partial charge on any atom is 0.359 e. The number of rotatable bonds is 3. The Morgan fingerprint density at radius 2 is 2.43 bits per heavy atom. The molecule has 2 N–H and O–H groups in total. The second-order valence-corrected chi connectivity index (χ2v) is 3.12. The van der Waals surface area contributed by atoms with Crippen LogP contribution in [0, 0.1) is 0 Å². The molecule has 1 aromatic rings. The highest BCUT2D eigenvalue weighted by atomic mass is 16.5. The quantitative estimate of drug-likeness (QED) is 0.721. The summed E-state index contributed by atoms with van der Waals surface area (Å²) in [6, 6.07) is -0.219. The topological polar surface area (TPSA) is 70.1 Å². The van der Waals surface area contributed by atoms with Crippen molar-refractivity contribution in [2.45, 2.75) is 19.9 Å². The largest absolute Gasteiger partial charge is 0.461 e. The van der Waals surface area contributed by atoms with Crippen LogP contribution >= 0.6 is 0 Å². The van der Waals surface area contributed by atoms with Crippen molar-refractivity contribution in [2.24, 2.45) is 12.8 Å². The van der Waals surface area contributed by atoms with Gasteiger partial charge in [0.15, 0.2) is 5.69 Å². The van der Waals surface area contributed by atoms with E-state index in [0.717, 1.165) is 0 Å². The number of esters is 1. The third-order valence-corrected chi connectivity index (χ3v) is 1.82. The molecule has 14 heavy (non-hydrogen) atoms. The molecule has 1 aromatic heterocycles. The zero-order valence-electron chi connectivity index (χ0n) is 8.65. The van der Waals surface area contributed by atoms with E-state index < -0.39 is 5.97 Å². The van der Waals surface area contributed by atoms with Crippen molar-refractivity contribution in [1.82, 2.24) is 9.78 Å². The Morgan fingerprint density at radius 3 is 2.93 bits per heavy atom. The summed E-state index contributed by atoms with van der Waals surface area (Å²) in [6.07, 6.45) is 1.73. The second-order valence-electron chi connectivity index (χ2n) is 3.12. The maximum absolute atomic E-state index is 11.4. The molecule has 0 aliphatic rings. The van der Waals surface area contributed by atoms with Crippen LogP contribution in [0.5, 0.6) is 0 Å². The first-order chi connectivity index (χ1) is 6.56. The Bertz CT molecular complexity index is 331. The molecule has 1 heterocycles. The number of hydrogen-bond acceptors (Lipinski definition) is 4. The first-order valence-corrected chi connectivity index (χ1v) is 4.52. The lowest BCUT2D eigenvalue weighted by Crippen LogP contribution is -2.13. The smallest absolute Gasteiger partial charge is 0.359 e. The lowest BCUT2D eigenvalue weighted by Gasteiger charge is -2.04. The van der Waals surface area contributed by atoms with Gasteiger partial charge in [0, 0.05) is 24.8 Å². The van der Waals surface area contributed by atoms with Crippen molar-refractivity contribution in [3.63, 3.8) is 0 Å². The molecule has 0 radical (unpaired) electrons. The SMILES string of the molecule is CCOC(=O)c1nn(C)cc1[C@H](C)N. The Balaban J connectivity index is 3.00. The normalized spacial score (nSPS) is 12.6. The minimum Gasteiger partial charge on any atom is -0.461 e. The van der Waals surface area contributed by atoms with Gasteiger partial charge in [0.25, 0.3) is 0 Å². The predicted octanol–water partition coefficient (Wildman–Crippen LogP) is 0.617. The van der Waals surface area contributed by atoms with E-state index in [1.807, 2.05) is 0 Å². The van der Waals surface area contributed by atoms with Crippen molar-refractivity contribution in [1.29, 1.82) is 0 Å². The Labute approximate surface area is 82.8 Å². The number of ether oxygens (including phenoxy) is 1. The van der Waals surface area contributed by atoms with Gasteiger partial charge in [-0.05, 0) is 13.8 Å². The molecule has 5 heteroatoms. The zero-order chi connectivity index (χ0) is 10.7. The predicted molar refractivity (Wildman–Crippen MR) is 51.8 cm³/mol. The molecule has 0 saturated heterocycles. The van der Waals surface area contributed by atoms with Crippen molar-refractivity contribution in [3.8, 4) is 0 Å². The van der Waals surface area contributed by atoms with Crippen molar-refractivity contribution in [3.05, 3.63) is 17.5 Å². The van der Waals surface area contributed by atoms with Crippen LogP contribution in [0.25, 0.3) is 0 Å². The molecule has 0 aromatic carbocycles. The summed E-state index contributed by atoms with van der Waals surface area (Å²) < 4.78 is 6.42. The van der Waals surface area contributed by atoms with E-state index in [1.165, 1.54) is 0 Å². The van der Waals surface area contributed by atoms with Gasteiger partial charge >= 0.3 is 5.97 Å². The summed E-state index contributed by atoms with van der Waals surface area (Å²) in [7, 11) is 1.74. The fourth-order valence-electron chi connectivity index (χ4n) is 1.20. The monoisotopic (exact) mass is 197 g/mol. The van der Waals surface area contributed by atoms with Crippen molar-refractivity contribution < 1.29 is 9.53 Å². The summed E-state index contributed by atoms with van der Waals surface area (Å²) >= 11 is 0. The highest BCUT2D eigenvalue weighted by Crippen LogP contribution is 2.14. The standard InChI is InChI=1S/C9H15N3O2/c1-4-14-9(13)8-7(6(2)10)5-12(3)11-8/h5-6H,4,10H2,1-3H3/t6-/m0/s1. The number of carbonyl (C=O) groups excluding carboxylic acids is 1. The van der Waals surface area contributed by atoms with E-state index in [9.17, 15) is 4.79 Å². The molecule has 78 valence electrons. The van der Waals surface area contributed by atoms with Gasteiger partial charge < -0.3 is 10.5 Å². The van der Waals surface area contributed by atoms with Crippen LogP contribution in [0.4, 0.5) is 0 Å². The van der Waals surface area contributed by atoms with Gasteiger partial charge in [-0.15, -0.1) is 0 Å². The van der Waals surface area contributed by atoms with Gasteiger partial charge in [0.1, 0.15) is 0 Å². The average molecular weight is 197 g/mol. The van der Waals surface area contributed by atoms with Gasteiger partial charge in [-0.1, -0.05) is 0 Å². The van der Waals surface area contributed by atoms with Crippen LogP contribution in [0.15, 0.2) is 6.20 Å². The molecule has 1 rings (SSSR count). The Kier molecular flexibility index (Phi) is 3.24. The molecular formula is C9H15N3O2. The highest BCUT2D eigenvalue weighted by Gasteiger charge is 2.19. The van der Waals surface area contributed by atoms with Gasteiger partial charge in [-0.2, -0.15) is 5.10 Å². The fraction of sp³-hybridized carbons (Fsp3) is 0.556. The molecule has 1 atom stereocenters. The number of aromatic nitrogens is 2. The summed E-state index contributed by atoms with van der Waals surface area (Å²) in [6.45, 7) is 3.90. The van der Waals surface area contributed by atoms with Gasteiger partial charge in [0.05, 0.1) is 6.61 Å². The molecule has 0 aliphatic heterocycles. The molecular weight excluding hydrogens is 182 g/mol. The first kappa shape index (κ1) is 10.7. The summed E-state index contributed by atoms with van der Waals surface area (Å²) in [4.78, 5) is 11.4. The zero-order valence-corrected chi connectivity index (χ0v) is 8.65. The molecule has 0 fully saturated rings. The number of nitrogens with two attached hydrogens (primary N) is 1. The van der Waals surface area contributed by atoms with Crippen LogP contribution in [-0.2, 0) is 11.8 Å². The lowest BCUT2D eigenvalue weighted by atomic mass is 10.1. The third kappa shape index (κ3) is 2.11. The van der Waals surface area contributed by atoms with E-state index in [2.05, 4.69) is 5.10 Å². The van der Waals surface area contributed by atoms with Crippen LogP contribution < -0.4 is 5.73 Å². The number of nitrogens with zero attached hydrogens (tertiary/aromatic N) is 2. The lowest BCUT2D eigenvalue weighted by molar-refractivity contribution is 0.0517. The minimum absolute atomic E-state index is 0.219. The molecule has 0 amide bonds. The fourth-order valence-corrected chi connectivity index (χ4v) is 1.20. The van der Waals surface area contributed by atoms with E-state index in [1.54, 1.807) is 31.8 Å². The summed E-state index contributed by atoms with van der Waals surface area (Å²) in [5, 5.41) is 4.01. The van der Waals surface area contributed by atoms with Crippen LogP contribution in [0.1, 0.15) is 35.9 Å². The van der Waals surface area contributed by atoms with Crippen LogP contribution in [0.3, 0.4) is 0 Å². The number of hydrogen-bond donors (Lipinski definition) is 1. The highest BCUT2D eigenvalue weighted by molar-refractivity contribution is 5.89.